The summed E-state index contributed by atoms with van der Waals surface area (Å²) >= 11 is 1.83. The van der Waals surface area contributed by atoms with Gasteiger partial charge in [-0.2, -0.15) is 0 Å². The van der Waals surface area contributed by atoms with E-state index in [-0.39, 0.29) is 5.41 Å². The fraction of sp³-hybridized carbons (Fsp3) is 0.179. The molecule has 0 saturated heterocycles. The van der Waals surface area contributed by atoms with E-state index in [9.17, 15) is 0 Å². The van der Waals surface area contributed by atoms with Crippen LogP contribution in [0.4, 0.5) is 0 Å². The van der Waals surface area contributed by atoms with Crippen LogP contribution >= 0.6 is 11.3 Å². The smallest absolute Gasteiger partial charge is 0.135 e. The number of pyridine rings is 1. The highest BCUT2D eigenvalue weighted by Crippen LogP contribution is 2.44. The van der Waals surface area contributed by atoms with Crippen molar-refractivity contribution in [3.63, 3.8) is 0 Å². The van der Waals surface area contributed by atoms with E-state index in [0.29, 0.717) is 0 Å². The predicted octanol–water partition coefficient (Wildman–Crippen LogP) is 8.62. The van der Waals surface area contributed by atoms with Gasteiger partial charge in [0.1, 0.15) is 5.58 Å². The molecule has 0 aliphatic carbocycles. The van der Waals surface area contributed by atoms with Crippen molar-refractivity contribution in [2.75, 3.05) is 0 Å². The van der Waals surface area contributed by atoms with E-state index < -0.39 is 0 Å². The standard InChI is InChI=1S/C28H23NOS/c1-16-15-30-22-10-9-20-25-23(31-27(20)24(16)22)11-12-29-26(25)18-13-17-7-5-6-8-19(17)21(14-18)28(2,3)4/h5-15H,1-4H3. The van der Waals surface area contributed by atoms with Crippen molar-refractivity contribution in [2.24, 2.45) is 0 Å². The van der Waals surface area contributed by atoms with Crippen molar-refractivity contribution in [2.45, 2.75) is 33.1 Å². The Morgan fingerprint density at radius 2 is 1.74 bits per heavy atom. The van der Waals surface area contributed by atoms with Crippen molar-refractivity contribution < 1.29 is 4.42 Å². The Balaban J connectivity index is 1.73. The molecule has 0 saturated carbocycles. The molecule has 152 valence electrons. The molecule has 6 rings (SSSR count). The van der Waals surface area contributed by atoms with Gasteiger partial charge in [-0.1, -0.05) is 45.0 Å². The third-order valence-corrected chi connectivity index (χ3v) is 7.40. The lowest BCUT2D eigenvalue weighted by Gasteiger charge is -2.23. The number of aromatic nitrogens is 1. The van der Waals surface area contributed by atoms with Crippen molar-refractivity contribution in [3.05, 3.63) is 78.2 Å². The Labute approximate surface area is 185 Å². The highest BCUT2D eigenvalue weighted by atomic mass is 32.1. The van der Waals surface area contributed by atoms with Gasteiger partial charge in [-0.15, -0.1) is 11.3 Å². The molecule has 0 atom stereocenters. The molecule has 3 heteroatoms. The number of rotatable bonds is 1. The zero-order valence-electron chi connectivity index (χ0n) is 18.1. The number of furan rings is 1. The first-order valence-corrected chi connectivity index (χ1v) is 11.4. The van der Waals surface area contributed by atoms with E-state index in [1.54, 1.807) is 0 Å². The Morgan fingerprint density at radius 1 is 0.903 bits per heavy atom. The molecule has 3 aromatic heterocycles. The third kappa shape index (κ3) is 2.73. The zero-order chi connectivity index (χ0) is 21.3. The number of fused-ring (bicyclic) bond motifs is 6. The highest BCUT2D eigenvalue weighted by Gasteiger charge is 2.21. The molecule has 3 aromatic carbocycles. The Kier molecular flexibility index (Phi) is 3.85. The summed E-state index contributed by atoms with van der Waals surface area (Å²) in [4.78, 5) is 4.90. The van der Waals surface area contributed by atoms with E-state index in [1.807, 2.05) is 23.8 Å². The summed E-state index contributed by atoms with van der Waals surface area (Å²) in [6, 6.07) is 19.7. The summed E-state index contributed by atoms with van der Waals surface area (Å²) in [6.07, 6.45) is 3.80. The minimum atomic E-state index is 0.0420. The molecule has 0 spiro atoms. The van der Waals surface area contributed by atoms with Gasteiger partial charge in [-0.3, -0.25) is 4.98 Å². The topological polar surface area (TPSA) is 26.0 Å². The fourth-order valence-corrected chi connectivity index (χ4v) is 6.04. The largest absolute Gasteiger partial charge is 0.464 e. The molecule has 31 heavy (non-hydrogen) atoms. The van der Waals surface area contributed by atoms with Gasteiger partial charge >= 0.3 is 0 Å². The number of thiophene rings is 1. The first-order chi connectivity index (χ1) is 14.9. The average molecular weight is 422 g/mol. The lowest BCUT2D eigenvalue weighted by molar-refractivity contribution is 0.596. The van der Waals surface area contributed by atoms with Crippen LogP contribution in [0.5, 0.6) is 0 Å². The first-order valence-electron chi connectivity index (χ1n) is 10.6. The molecule has 6 aromatic rings. The normalized spacial score (nSPS) is 12.5. The van der Waals surface area contributed by atoms with Crippen LogP contribution < -0.4 is 0 Å². The van der Waals surface area contributed by atoms with E-state index >= 15 is 0 Å². The minimum Gasteiger partial charge on any atom is -0.464 e. The maximum Gasteiger partial charge on any atom is 0.135 e. The summed E-state index contributed by atoms with van der Waals surface area (Å²) in [5.41, 5.74) is 5.76. The van der Waals surface area contributed by atoms with Gasteiger partial charge in [0.25, 0.3) is 0 Å². The number of nitrogens with zero attached hydrogens (tertiary/aromatic N) is 1. The lowest BCUT2D eigenvalue weighted by Crippen LogP contribution is -2.12. The minimum absolute atomic E-state index is 0.0420. The van der Waals surface area contributed by atoms with Crippen LogP contribution in [0.15, 0.2) is 71.5 Å². The molecule has 0 amide bonds. The molecule has 0 aliphatic rings. The van der Waals surface area contributed by atoms with Gasteiger partial charge < -0.3 is 4.42 Å². The molecular weight excluding hydrogens is 398 g/mol. The maximum atomic E-state index is 5.76. The maximum absolute atomic E-state index is 5.76. The Bertz CT molecular complexity index is 1630. The second-order valence-electron chi connectivity index (χ2n) is 9.36. The molecule has 0 bridgehead atoms. The second kappa shape index (κ2) is 6.41. The summed E-state index contributed by atoms with van der Waals surface area (Å²) in [5.74, 6) is 0. The Morgan fingerprint density at radius 3 is 2.58 bits per heavy atom. The summed E-state index contributed by atoms with van der Waals surface area (Å²) in [6.45, 7) is 8.97. The van der Waals surface area contributed by atoms with E-state index in [1.165, 1.54) is 53.0 Å². The molecule has 3 heterocycles. The molecule has 0 fully saturated rings. The van der Waals surface area contributed by atoms with Gasteiger partial charge in [0.05, 0.1) is 12.0 Å². The van der Waals surface area contributed by atoms with Crippen LogP contribution in [0.3, 0.4) is 0 Å². The van der Waals surface area contributed by atoms with Crippen LogP contribution in [0.2, 0.25) is 0 Å². The van der Waals surface area contributed by atoms with Crippen LogP contribution in [-0.2, 0) is 5.41 Å². The van der Waals surface area contributed by atoms with E-state index in [0.717, 1.165) is 11.3 Å². The number of hydrogen-bond donors (Lipinski definition) is 0. The van der Waals surface area contributed by atoms with Crippen molar-refractivity contribution in [3.8, 4) is 11.3 Å². The molecule has 0 radical (unpaired) electrons. The number of hydrogen-bond acceptors (Lipinski definition) is 3. The van der Waals surface area contributed by atoms with Gasteiger partial charge in [0.15, 0.2) is 0 Å². The second-order valence-corrected chi connectivity index (χ2v) is 10.4. The quantitative estimate of drug-likeness (QED) is 0.265. The van der Waals surface area contributed by atoms with Crippen LogP contribution in [0.1, 0.15) is 31.9 Å². The van der Waals surface area contributed by atoms with Gasteiger partial charge in [0, 0.05) is 37.3 Å². The lowest BCUT2D eigenvalue weighted by atomic mass is 9.82. The fourth-order valence-electron chi connectivity index (χ4n) is 4.74. The van der Waals surface area contributed by atoms with Crippen molar-refractivity contribution in [1.82, 2.24) is 4.98 Å². The third-order valence-electron chi connectivity index (χ3n) is 6.21. The van der Waals surface area contributed by atoms with Crippen LogP contribution in [0.25, 0.3) is 53.2 Å². The summed E-state index contributed by atoms with van der Waals surface area (Å²) < 4.78 is 8.30. The number of aryl methyl sites for hydroxylation is 1. The van der Waals surface area contributed by atoms with Crippen molar-refractivity contribution >= 4 is 53.3 Å². The predicted molar refractivity (Wildman–Crippen MR) is 133 cm³/mol. The molecular formula is C28H23NOS. The van der Waals surface area contributed by atoms with E-state index in [2.05, 4.69) is 82.3 Å². The SMILES string of the molecule is Cc1coc2ccc3c(sc4ccnc(-c5cc(C(C)(C)C)c6ccccc6c5)c43)c12. The van der Waals surface area contributed by atoms with Gasteiger partial charge in [0.2, 0.25) is 0 Å². The molecule has 0 N–H and O–H groups in total. The summed E-state index contributed by atoms with van der Waals surface area (Å²) in [5, 5.41) is 6.29. The summed E-state index contributed by atoms with van der Waals surface area (Å²) in [7, 11) is 0. The van der Waals surface area contributed by atoms with Crippen molar-refractivity contribution in [1.29, 1.82) is 0 Å². The monoisotopic (exact) mass is 421 g/mol. The zero-order valence-corrected chi connectivity index (χ0v) is 18.9. The van der Waals surface area contributed by atoms with E-state index in [4.69, 9.17) is 9.40 Å². The van der Waals surface area contributed by atoms with Gasteiger partial charge in [-0.05, 0) is 64.6 Å². The average Bonchev–Trinajstić information content (AvgIpc) is 3.32. The molecule has 0 aliphatic heterocycles. The number of benzene rings is 3. The van der Waals surface area contributed by atoms with Crippen LogP contribution in [-0.4, -0.2) is 4.98 Å². The Hall–Kier alpha value is -3.17. The van der Waals surface area contributed by atoms with Crippen LogP contribution in [0, 0.1) is 6.92 Å². The molecule has 2 nitrogen and oxygen atoms in total. The first kappa shape index (κ1) is 18.6. The molecule has 0 unspecified atom stereocenters. The van der Waals surface area contributed by atoms with Gasteiger partial charge in [-0.25, -0.2) is 0 Å². The highest BCUT2D eigenvalue weighted by molar-refractivity contribution is 7.26.